The molecular weight excluding hydrogens is 297 g/mol. The van der Waals surface area contributed by atoms with E-state index in [1.807, 2.05) is 12.1 Å². The van der Waals surface area contributed by atoms with Gasteiger partial charge in [0.1, 0.15) is 0 Å². The molecule has 2 aromatic rings. The van der Waals surface area contributed by atoms with Crippen molar-refractivity contribution in [2.45, 2.75) is 31.7 Å². The molecule has 1 aromatic heterocycles. The van der Waals surface area contributed by atoms with Crippen molar-refractivity contribution in [2.75, 3.05) is 0 Å². The second-order valence-electron chi connectivity index (χ2n) is 5.23. The van der Waals surface area contributed by atoms with Crippen molar-refractivity contribution in [3.05, 3.63) is 45.5 Å². The molecule has 106 valence electrons. The summed E-state index contributed by atoms with van der Waals surface area (Å²) in [5, 5.41) is 5.05. The Labute approximate surface area is 127 Å². The van der Waals surface area contributed by atoms with Gasteiger partial charge in [-0.05, 0) is 36.5 Å². The van der Waals surface area contributed by atoms with Crippen molar-refractivity contribution in [1.82, 2.24) is 10.1 Å². The fourth-order valence-electron chi connectivity index (χ4n) is 2.17. The lowest BCUT2D eigenvalue weighted by atomic mass is 10.1. The van der Waals surface area contributed by atoms with Crippen LogP contribution in [-0.2, 0) is 12.8 Å². The Kier molecular flexibility index (Phi) is 3.96. The largest absolute Gasteiger partial charge is 0.339 e. The predicted octanol–water partition coefficient (Wildman–Crippen LogP) is 3.25. The maximum atomic E-state index is 6.05. The van der Waals surface area contributed by atoms with Crippen molar-refractivity contribution in [1.29, 1.82) is 0 Å². The summed E-state index contributed by atoms with van der Waals surface area (Å²) in [6, 6.07) is 5.62. The van der Waals surface area contributed by atoms with E-state index >= 15 is 0 Å². The van der Waals surface area contributed by atoms with Crippen LogP contribution in [0.15, 0.2) is 22.7 Å². The van der Waals surface area contributed by atoms with Gasteiger partial charge in [-0.3, -0.25) is 0 Å². The van der Waals surface area contributed by atoms with E-state index in [0.717, 1.165) is 5.56 Å². The van der Waals surface area contributed by atoms with Crippen LogP contribution in [0.1, 0.15) is 30.1 Å². The number of hydrogen-bond donors (Lipinski definition) is 1. The molecule has 0 amide bonds. The molecule has 3 rings (SSSR count). The van der Waals surface area contributed by atoms with Crippen LogP contribution in [0.2, 0.25) is 10.0 Å². The number of benzene rings is 1. The first-order valence-corrected chi connectivity index (χ1v) is 7.38. The smallest absolute Gasteiger partial charge is 0.228 e. The third kappa shape index (κ3) is 3.32. The zero-order valence-electron chi connectivity index (χ0n) is 10.9. The molecule has 6 heteroatoms. The molecule has 0 spiro atoms. The van der Waals surface area contributed by atoms with E-state index in [1.165, 1.54) is 12.8 Å². The average Bonchev–Trinajstić information content (AvgIpc) is 3.18. The molecule has 1 aromatic carbocycles. The van der Waals surface area contributed by atoms with E-state index in [0.29, 0.717) is 40.5 Å². The molecular formula is C14H15Cl2N3O. The minimum Gasteiger partial charge on any atom is -0.339 e. The van der Waals surface area contributed by atoms with Crippen molar-refractivity contribution < 1.29 is 4.52 Å². The van der Waals surface area contributed by atoms with Crippen LogP contribution in [0.4, 0.5) is 0 Å². The van der Waals surface area contributed by atoms with Gasteiger partial charge in [-0.25, -0.2) is 0 Å². The van der Waals surface area contributed by atoms with E-state index in [2.05, 4.69) is 10.1 Å². The lowest BCUT2D eigenvalue weighted by Gasteiger charge is -2.04. The van der Waals surface area contributed by atoms with Gasteiger partial charge in [-0.2, -0.15) is 4.98 Å². The monoisotopic (exact) mass is 311 g/mol. The van der Waals surface area contributed by atoms with E-state index in [1.54, 1.807) is 6.07 Å². The minimum atomic E-state index is 0.133. The summed E-state index contributed by atoms with van der Waals surface area (Å²) in [6.07, 6.45) is 3.65. The van der Waals surface area contributed by atoms with E-state index in [4.69, 9.17) is 33.5 Å². The molecule has 1 atom stereocenters. The van der Waals surface area contributed by atoms with Crippen LogP contribution < -0.4 is 5.73 Å². The SMILES string of the molecule is NC(Cc1nc(Cc2ccc(Cl)c(Cl)c2)no1)C1CC1. The Morgan fingerprint density at radius 1 is 1.30 bits per heavy atom. The maximum Gasteiger partial charge on any atom is 0.228 e. The summed E-state index contributed by atoms with van der Waals surface area (Å²) in [5.74, 6) is 1.88. The highest BCUT2D eigenvalue weighted by Gasteiger charge is 2.29. The van der Waals surface area contributed by atoms with E-state index in [9.17, 15) is 0 Å². The number of halogens is 2. The number of nitrogens with two attached hydrogens (primary N) is 1. The highest BCUT2D eigenvalue weighted by molar-refractivity contribution is 6.42. The molecule has 1 aliphatic carbocycles. The molecule has 1 unspecified atom stereocenters. The van der Waals surface area contributed by atoms with Crippen LogP contribution in [0, 0.1) is 5.92 Å². The van der Waals surface area contributed by atoms with Crippen LogP contribution in [0.3, 0.4) is 0 Å². The third-order valence-electron chi connectivity index (χ3n) is 3.49. The first-order valence-electron chi connectivity index (χ1n) is 6.63. The van der Waals surface area contributed by atoms with Crippen LogP contribution >= 0.6 is 23.2 Å². The van der Waals surface area contributed by atoms with Crippen molar-refractivity contribution in [2.24, 2.45) is 11.7 Å². The lowest BCUT2D eigenvalue weighted by molar-refractivity contribution is 0.359. The zero-order chi connectivity index (χ0) is 14.1. The molecule has 1 aliphatic rings. The highest BCUT2D eigenvalue weighted by Crippen LogP contribution is 2.32. The van der Waals surface area contributed by atoms with Gasteiger partial charge in [0.25, 0.3) is 0 Å². The number of hydrogen-bond acceptors (Lipinski definition) is 4. The first-order chi connectivity index (χ1) is 9.61. The van der Waals surface area contributed by atoms with Gasteiger partial charge in [0.05, 0.1) is 10.0 Å². The van der Waals surface area contributed by atoms with Gasteiger partial charge in [0.2, 0.25) is 5.89 Å². The molecule has 20 heavy (non-hydrogen) atoms. The molecule has 4 nitrogen and oxygen atoms in total. The molecule has 0 bridgehead atoms. The van der Waals surface area contributed by atoms with Gasteiger partial charge in [-0.1, -0.05) is 34.4 Å². The van der Waals surface area contributed by atoms with Gasteiger partial charge in [-0.15, -0.1) is 0 Å². The Bertz CT molecular complexity index is 610. The maximum absolute atomic E-state index is 6.05. The van der Waals surface area contributed by atoms with Crippen molar-refractivity contribution in [3.63, 3.8) is 0 Å². The Hall–Kier alpha value is -1.10. The summed E-state index contributed by atoms with van der Waals surface area (Å²) in [7, 11) is 0. The van der Waals surface area contributed by atoms with Gasteiger partial charge < -0.3 is 10.3 Å². The third-order valence-corrected chi connectivity index (χ3v) is 4.23. The molecule has 0 aliphatic heterocycles. The summed E-state index contributed by atoms with van der Waals surface area (Å²) < 4.78 is 5.24. The van der Waals surface area contributed by atoms with Crippen LogP contribution in [0.5, 0.6) is 0 Å². The van der Waals surface area contributed by atoms with Crippen molar-refractivity contribution >= 4 is 23.2 Å². The molecule has 2 N–H and O–H groups in total. The molecule has 1 saturated carbocycles. The number of rotatable bonds is 5. The molecule has 1 fully saturated rings. The fourth-order valence-corrected chi connectivity index (χ4v) is 2.49. The van der Waals surface area contributed by atoms with E-state index < -0.39 is 0 Å². The fraction of sp³-hybridized carbons (Fsp3) is 0.429. The summed E-state index contributed by atoms with van der Waals surface area (Å²) in [5.41, 5.74) is 7.05. The summed E-state index contributed by atoms with van der Waals surface area (Å²) in [4.78, 5) is 4.37. The standard InChI is InChI=1S/C14H15Cl2N3O/c15-10-4-1-8(5-11(10)16)6-13-18-14(20-19-13)7-12(17)9-2-3-9/h1,4-5,9,12H,2-3,6-7,17H2. The first kappa shape index (κ1) is 13.9. The van der Waals surface area contributed by atoms with Gasteiger partial charge in [0.15, 0.2) is 5.82 Å². The van der Waals surface area contributed by atoms with Gasteiger partial charge >= 0.3 is 0 Å². The van der Waals surface area contributed by atoms with Crippen LogP contribution in [-0.4, -0.2) is 16.2 Å². The molecule has 0 saturated heterocycles. The Morgan fingerprint density at radius 2 is 2.10 bits per heavy atom. The molecule has 0 radical (unpaired) electrons. The molecule has 1 heterocycles. The predicted molar refractivity (Wildman–Crippen MR) is 78.0 cm³/mol. The highest BCUT2D eigenvalue weighted by atomic mass is 35.5. The second kappa shape index (κ2) is 5.72. The minimum absolute atomic E-state index is 0.133. The summed E-state index contributed by atoms with van der Waals surface area (Å²) in [6.45, 7) is 0. The zero-order valence-corrected chi connectivity index (χ0v) is 12.4. The van der Waals surface area contributed by atoms with E-state index in [-0.39, 0.29) is 6.04 Å². The topological polar surface area (TPSA) is 64.9 Å². The normalized spacial score (nSPS) is 16.4. The van der Waals surface area contributed by atoms with Gasteiger partial charge in [0, 0.05) is 18.9 Å². The lowest BCUT2D eigenvalue weighted by Crippen LogP contribution is -2.25. The Morgan fingerprint density at radius 3 is 2.80 bits per heavy atom. The Balaban J connectivity index is 1.65. The quantitative estimate of drug-likeness (QED) is 0.920. The number of aromatic nitrogens is 2. The average molecular weight is 312 g/mol. The van der Waals surface area contributed by atoms with Crippen LogP contribution in [0.25, 0.3) is 0 Å². The number of nitrogens with zero attached hydrogens (tertiary/aromatic N) is 2. The second-order valence-corrected chi connectivity index (χ2v) is 6.05. The summed E-state index contributed by atoms with van der Waals surface area (Å²) >= 11 is 11.9. The van der Waals surface area contributed by atoms with Crippen molar-refractivity contribution in [3.8, 4) is 0 Å².